The molecule has 0 saturated carbocycles. The normalized spacial score (nSPS) is 12.8. The largest absolute Gasteiger partial charge is 0.328 e. The molecular formula is C10H15NOS. The van der Waals surface area contributed by atoms with Gasteiger partial charge in [0.05, 0.1) is 4.88 Å². The smallest absolute Gasteiger partial charge is 0.169 e. The number of Topliss-reactive ketones (excluding diaryl/α,β-unsaturated/α-hetero) is 1. The van der Waals surface area contributed by atoms with Crippen LogP contribution in [0.25, 0.3) is 0 Å². The summed E-state index contributed by atoms with van der Waals surface area (Å²) in [6.07, 6.45) is 1.97. The molecule has 1 unspecified atom stereocenters. The number of nitrogens with two attached hydrogens (primary N) is 1. The van der Waals surface area contributed by atoms with E-state index in [9.17, 15) is 4.79 Å². The Hall–Kier alpha value is -0.670. The van der Waals surface area contributed by atoms with E-state index in [4.69, 9.17) is 5.73 Å². The zero-order chi connectivity index (χ0) is 9.84. The summed E-state index contributed by atoms with van der Waals surface area (Å²) in [5, 5.41) is 0. The van der Waals surface area contributed by atoms with E-state index in [1.807, 2.05) is 19.1 Å². The van der Waals surface area contributed by atoms with Crippen molar-refractivity contribution >= 4 is 17.1 Å². The van der Waals surface area contributed by atoms with Crippen LogP contribution < -0.4 is 5.73 Å². The van der Waals surface area contributed by atoms with Gasteiger partial charge in [0.25, 0.3) is 0 Å². The Morgan fingerprint density at radius 3 is 2.77 bits per heavy atom. The zero-order valence-corrected chi connectivity index (χ0v) is 8.86. The van der Waals surface area contributed by atoms with Gasteiger partial charge in [-0.05, 0) is 38.8 Å². The fourth-order valence-corrected chi connectivity index (χ4v) is 1.99. The minimum Gasteiger partial charge on any atom is -0.328 e. The Labute approximate surface area is 82.8 Å². The lowest BCUT2D eigenvalue weighted by atomic mass is 10.2. The van der Waals surface area contributed by atoms with E-state index >= 15 is 0 Å². The van der Waals surface area contributed by atoms with Crippen LogP contribution in [-0.4, -0.2) is 11.8 Å². The Bertz CT molecular complexity index is 291. The van der Waals surface area contributed by atoms with Crippen LogP contribution in [0.1, 0.15) is 34.8 Å². The average molecular weight is 197 g/mol. The number of carbonyl (C=O) groups is 1. The first-order valence-electron chi connectivity index (χ1n) is 4.45. The van der Waals surface area contributed by atoms with E-state index in [1.54, 1.807) is 18.3 Å². The third-order valence-corrected chi connectivity index (χ3v) is 3.10. The highest BCUT2D eigenvalue weighted by atomic mass is 32.1. The summed E-state index contributed by atoms with van der Waals surface area (Å²) in [5.74, 6) is 0.150. The van der Waals surface area contributed by atoms with Gasteiger partial charge in [-0.1, -0.05) is 0 Å². The van der Waals surface area contributed by atoms with E-state index in [2.05, 4.69) is 0 Å². The second kappa shape index (κ2) is 4.53. The van der Waals surface area contributed by atoms with Gasteiger partial charge in [0.1, 0.15) is 0 Å². The van der Waals surface area contributed by atoms with Gasteiger partial charge in [0.2, 0.25) is 0 Å². The van der Waals surface area contributed by atoms with Crippen molar-refractivity contribution in [3.05, 3.63) is 21.9 Å². The molecule has 3 heteroatoms. The molecule has 1 heterocycles. The standard InChI is InChI=1S/C10H15NOS/c1-7(11)3-4-9-5-6-10(13-9)8(2)12/h5-7H,3-4,11H2,1-2H3. The topological polar surface area (TPSA) is 43.1 Å². The van der Waals surface area contributed by atoms with Crippen LogP contribution in [0.15, 0.2) is 12.1 Å². The number of thiophene rings is 1. The number of hydrogen-bond acceptors (Lipinski definition) is 3. The van der Waals surface area contributed by atoms with Gasteiger partial charge < -0.3 is 5.73 Å². The monoisotopic (exact) mass is 197 g/mol. The second-order valence-corrected chi connectivity index (χ2v) is 4.51. The van der Waals surface area contributed by atoms with E-state index < -0.39 is 0 Å². The molecule has 1 atom stereocenters. The SMILES string of the molecule is CC(=O)c1ccc(CCC(C)N)s1. The molecule has 1 rings (SSSR count). The predicted molar refractivity (Wildman–Crippen MR) is 56.3 cm³/mol. The lowest BCUT2D eigenvalue weighted by molar-refractivity contribution is 0.102. The second-order valence-electron chi connectivity index (χ2n) is 3.34. The van der Waals surface area contributed by atoms with Gasteiger partial charge in [-0.3, -0.25) is 4.79 Å². The minimum atomic E-state index is 0.150. The molecule has 0 aliphatic heterocycles. The predicted octanol–water partition coefficient (Wildman–Crippen LogP) is 2.23. The maximum atomic E-state index is 11.0. The molecule has 2 nitrogen and oxygen atoms in total. The number of aryl methyl sites for hydroxylation is 1. The van der Waals surface area contributed by atoms with Crippen molar-refractivity contribution in [2.75, 3.05) is 0 Å². The Balaban J connectivity index is 2.54. The molecule has 72 valence electrons. The van der Waals surface area contributed by atoms with Crippen LogP contribution in [-0.2, 0) is 6.42 Å². The maximum absolute atomic E-state index is 11.0. The average Bonchev–Trinajstić information content (AvgIpc) is 2.48. The summed E-state index contributed by atoms with van der Waals surface area (Å²) in [4.78, 5) is 13.1. The van der Waals surface area contributed by atoms with Gasteiger partial charge in [-0.2, -0.15) is 0 Å². The summed E-state index contributed by atoms with van der Waals surface area (Å²) in [6, 6.07) is 4.15. The van der Waals surface area contributed by atoms with Crippen molar-refractivity contribution in [2.24, 2.45) is 5.73 Å². The van der Waals surface area contributed by atoms with Gasteiger partial charge in [0, 0.05) is 10.9 Å². The van der Waals surface area contributed by atoms with Crippen LogP contribution in [0.4, 0.5) is 0 Å². The summed E-state index contributed by atoms with van der Waals surface area (Å²) in [7, 11) is 0. The van der Waals surface area contributed by atoms with Gasteiger partial charge >= 0.3 is 0 Å². The van der Waals surface area contributed by atoms with Crippen molar-refractivity contribution in [2.45, 2.75) is 32.7 Å². The lowest BCUT2D eigenvalue weighted by Gasteiger charge is -2.01. The van der Waals surface area contributed by atoms with Crippen molar-refractivity contribution in [3.8, 4) is 0 Å². The summed E-state index contributed by atoms with van der Waals surface area (Å²) < 4.78 is 0. The Morgan fingerprint density at radius 2 is 2.31 bits per heavy atom. The first-order chi connectivity index (χ1) is 6.09. The third-order valence-electron chi connectivity index (χ3n) is 1.85. The third kappa shape index (κ3) is 3.28. The highest BCUT2D eigenvalue weighted by molar-refractivity contribution is 7.14. The Morgan fingerprint density at radius 1 is 1.62 bits per heavy atom. The lowest BCUT2D eigenvalue weighted by Crippen LogP contribution is -2.14. The van der Waals surface area contributed by atoms with Crippen molar-refractivity contribution in [3.63, 3.8) is 0 Å². The van der Waals surface area contributed by atoms with E-state index in [0.717, 1.165) is 17.7 Å². The van der Waals surface area contributed by atoms with Crippen LogP contribution in [0.3, 0.4) is 0 Å². The number of carbonyl (C=O) groups excluding carboxylic acids is 1. The van der Waals surface area contributed by atoms with Crippen LogP contribution >= 0.6 is 11.3 Å². The van der Waals surface area contributed by atoms with E-state index in [-0.39, 0.29) is 11.8 Å². The molecule has 0 amide bonds. The fourth-order valence-electron chi connectivity index (χ4n) is 1.07. The summed E-state index contributed by atoms with van der Waals surface area (Å²) in [6.45, 7) is 3.60. The van der Waals surface area contributed by atoms with Gasteiger partial charge in [-0.25, -0.2) is 0 Å². The quantitative estimate of drug-likeness (QED) is 0.752. The zero-order valence-electron chi connectivity index (χ0n) is 8.04. The molecule has 0 saturated heterocycles. The summed E-state index contributed by atoms with van der Waals surface area (Å²) in [5.41, 5.74) is 5.64. The molecule has 0 aliphatic rings. The molecule has 1 aromatic rings. The molecule has 0 aromatic carbocycles. The molecule has 0 bridgehead atoms. The molecule has 1 aromatic heterocycles. The first kappa shape index (κ1) is 10.4. The maximum Gasteiger partial charge on any atom is 0.169 e. The number of ketones is 1. The van der Waals surface area contributed by atoms with E-state index in [0.29, 0.717) is 0 Å². The number of hydrogen-bond donors (Lipinski definition) is 1. The van der Waals surface area contributed by atoms with Gasteiger partial charge in [-0.15, -0.1) is 11.3 Å². The van der Waals surface area contributed by atoms with Crippen LogP contribution in [0, 0.1) is 0 Å². The molecular weight excluding hydrogens is 182 g/mol. The van der Waals surface area contributed by atoms with Crippen LogP contribution in [0.5, 0.6) is 0 Å². The van der Waals surface area contributed by atoms with Crippen molar-refractivity contribution in [1.29, 1.82) is 0 Å². The molecule has 0 radical (unpaired) electrons. The van der Waals surface area contributed by atoms with Crippen molar-refractivity contribution in [1.82, 2.24) is 0 Å². The fraction of sp³-hybridized carbons (Fsp3) is 0.500. The van der Waals surface area contributed by atoms with Crippen molar-refractivity contribution < 1.29 is 4.79 Å². The molecule has 0 spiro atoms. The first-order valence-corrected chi connectivity index (χ1v) is 5.26. The summed E-state index contributed by atoms with van der Waals surface area (Å²) >= 11 is 1.58. The molecule has 13 heavy (non-hydrogen) atoms. The Kier molecular flexibility index (Phi) is 3.63. The van der Waals surface area contributed by atoms with E-state index in [1.165, 1.54) is 4.88 Å². The number of rotatable bonds is 4. The molecule has 0 aliphatic carbocycles. The molecule has 0 fully saturated rings. The highest BCUT2D eigenvalue weighted by Gasteiger charge is 2.04. The highest BCUT2D eigenvalue weighted by Crippen LogP contribution is 2.18. The minimum absolute atomic E-state index is 0.150. The molecule has 2 N–H and O–H groups in total. The van der Waals surface area contributed by atoms with Gasteiger partial charge in [0.15, 0.2) is 5.78 Å². The van der Waals surface area contributed by atoms with Crippen LogP contribution in [0.2, 0.25) is 0 Å².